The smallest absolute Gasteiger partial charge is 0.0344 e. The van der Waals surface area contributed by atoms with Gasteiger partial charge in [-0.25, -0.2) is 0 Å². The summed E-state index contributed by atoms with van der Waals surface area (Å²) in [4.78, 5) is 2.68. The fourth-order valence-corrected chi connectivity index (χ4v) is 1.20. The van der Waals surface area contributed by atoms with E-state index in [4.69, 9.17) is 11.3 Å². The number of azide groups is 1. The maximum absolute atomic E-state index is 8.07. The molecule has 0 aliphatic carbocycles. The maximum atomic E-state index is 8.07. The van der Waals surface area contributed by atoms with E-state index in [9.17, 15) is 0 Å². The second kappa shape index (κ2) is 5.73. The van der Waals surface area contributed by atoms with Gasteiger partial charge in [-0.3, -0.25) is 0 Å². The Hall–Kier alpha value is -1.93. The number of aryl methyl sites for hydroxylation is 1. The van der Waals surface area contributed by atoms with Crippen LogP contribution in [0.2, 0.25) is 0 Å². The molecule has 2 N–H and O–H groups in total. The Kier molecular flexibility index (Phi) is 4.26. The van der Waals surface area contributed by atoms with Crippen molar-refractivity contribution in [2.24, 2.45) is 5.11 Å². The summed E-state index contributed by atoms with van der Waals surface area (Å²) in [6.07, 6.45) is 4.74. The van der Waals surface area contributed by atoms with Gasteiger partial charge in [-0.05, 0) is 36.1 Å². The molecule has 4 heteroatoms. The summed E-state index contributed by atoms with van der Waals surface area (Å²) in [5.41, 5.74) is 16.8. The van der Waals surface area contributed by atoms with Crippen molar-refractivity contribution in [1.29, 1.82) is 0 Å². The third-order valence-corrected chi connectivity index (χ3v) is 2.06. The average molecular weight is 202 g/mol. The zero-order chi connectivity index (χ0) is 11.1. The molecular weight excluding hydrogens is 188 g/mol. The van der Waals surface area contributed by atoms with E-state index < -0.39 is 0 Å². The molecule has 0 fully saturated rings. The summed E-state index contributed by atoms with van der Waals surface area (Å²) in [6.45, 7) is 2.48. The summed E-state index contributed by atoms with van der Waals surface area (Å²) < 4.78 is 0. The van der Waals surface area contributed by atoms with Crippen molar-refractivity contribution < 1.29 is 0 Å². The van der Waals surface area contributed by atoms with Gasteiger partial charge in [0.15, 0.2) is 0 Å². The van der Waals surface area contributed by atoms with Gasteiger partial charge in [-0.2, -0.15) is 0 Å². The molecule has 0 bridgehead atoms. The lowest BCUT2D eigenvalue weighted by Gasteiger charge is -2.00. The van der Waals surface area contributed by atoms with Crippen LogP contribution < -0.4 is 5.73 Å². The second-order valence-electron chi connectivity index (χ2n) is 3.26. The lowest BCUT2D eigenvalue weighted by atomic mass is 10.1. The van der Waals surface area contributed by atoms with Crippen LogP contribution in [0.3, 0.4) is 0 Å². The Morgan fingerprint density at radius 1 is 1.53 bits per heavy atom. The summed E-state index contributed by atoms with van der Waals surface area (Å²) in [6, 6.07) is 5.88. The van der Waals surface area contributed by atoms with Gasteiger partial charge in [0.25, 0.3) is 0 Å². The van der Waals surface area contributed by atoms with Gasteiger partial charge in [0.2, 0.25) is 0 Å². The molecule has 0 aromatic heterocycles. The molecule has 0 amide bonds. The van der Waals surface area contributed by atoms with E-state index in [-0.39, 0.29) is 0 Å². The second-order valence-corrected chi connectivity index (χ2v) is 3.26. The molecule has 0 aliphatic rings. The van der Waals surface area contributed by atoms with E-state index in [1.165, 1.54) is 0 Å². The van der Waals surface area contributed by atoms with Gasteiger partial charge in [-0.1, -0.05) is 29.4 Å². The quantitative estimate of drug-likeness (QED) is 0.263. The zero-order valence-electron chi connectivity index (χ0n) is 8.72. The third-order valence-electron chi connectivity index (χ3n) is 2.06. The third kappa shape index (κ3) is 3.75. The first kappa shape index (κ1) is 11.1. The Morgan fingerprint density at radius 2 is 2.33 bits per heavy atom. The van der Waals surface area contributed by atoms with Crippen molar-refractivity contribution in [2.45, 2.75) is 13.3 Å². The largest absolute Gasteiger partial charge is 0.399 e. The fraction of sp³-hybridized carbons (Fsp3) is 0.273. The standard InChI is InChI=1S/C11H14N4/c1-9-8-10(5-6-11(9)12)4-2-3-7-14-15-13/h2,4-6,8H,3,7,12H2,1H3. The first-order valence-corrected chi connectivity index (χ1v) is 4.77. The van der Waals surface area contributed by atoms with Crippen molar-refractivity contribution in [3.8, 4) is 0 Å². The minimum atomic E-state index is 0.501. The van der Waals surface area contributed by atoms with Gasteiger partial charge in [0, 0.05) is 17.1 Å². The van der Waals surface area contributed by atoms with Crippen molar-refractivity contribution >= 4 is 11.8 Å². The van der Waals surface area contributed by atoms with Crippen LogP contribution >= 0.6 is 0 Å². The molecule has 0 radical (unpaired) electrons. The van der Waals surface area contributed by atoms with E-state index in [0.29, 0.717) is 6.54 Å². The molecule has 1 aromatic rings. The van der Waals surface area contributed by atoms with Gasteiger partial charge >= 0.3 is 0 Å². The summed E-state index contributed by atoms with van der Waals surface area (Å²) in [5.74, 6) is 0. The highest BCUT2D eigenvalue weighted by Gasteiger charge is 1.92. The number of hydrogen-bond donors (Lipinski definition) is 1. The molecule has 0 atom stereocenters. The highest BCUT2D eigenvalue weighted by atomic mass is 15.1. The number of nitrogens with two attached hydrogens (primary N) is 1. The lowest BCUT2D eigenvalue weighted by Crippen LogP contribution is -1.88. The average Bonchev–Trinajstić information content (AvgIpc) is 2.23. The van der Waals surface area contributed by atoms with Crippen LogP contribution in [0.25, 0.3) is 16.5 Å². The Bertz CT molecular complexity index is 403. The molecule has 0 heterocycles. The van der Waals surface area contributed by atoms with Crippen LogP contribution in [0.15, 0.2) is 29.4 Å². The van der Waals surface area contributed by atoms with Gasteiger partial charge in [0.05, 0.1) is 0 Å². The maximum Gasteiger partial charge on any atom is 0.0344 e. The molecule has 0 saturated carbocycles. The van der Waals surface area contributed by atoms with Crippen LogP contribution in [0.4, 0.5) is 5.69 Å². The number of rotatable bonds is 4. The predicted molar refractivity (Wildman–Crippen MR) is 63.3 cm³/mol. The van der Waals surface area contributed by atoms with Crippen molar-refractivity contribution in [3.63, 3.8) is 0 Å². The minimum absolute atomic E-state index is 0.501. The van der Waals surface area contributed by atoms with Crippen LogP contribution in [0.1, 0.15) is 17.5 Å². The van der Waals surface area contributed by atoms with E-state index in [2.05, 4.69) is 10.0 Å². The minimum Gasteiger partial charge on any atom is -0.399 e. The van der Waals surface area contributed by atoms with Crippen LogP contribution in [0.5, 0.6) is 0 Å². The molecule has 4 nitrogen and oxygen atoms in total. The van der Waals surface area contributed by atoms with Crippen molar-refractivity contribution in [1.82, 2.24) is 0 Å². The van der Waals surface area contributed by atoms with E-state index in [1.807, 2.05) is 37.3 Å². The van der Waals surface area contributed by atoms with Crippen molar-refractivity contribution in [3.05, 3.63) is 45.8 Å². The number of anilines is 1. The fourth-order valence-electron chi connectivity index (χ4n) is 1.20. The Labute approximate surface area is 89.0 Å². The normalized spacial score (nSPS) is 10.2. The summed E-state index contributed by atoms with van der Waals surface area (Å²) in [5, 5.41) is 3.44. The zero-order valence-corrected chi connectivity index (χ0v) is 8.72. The number of nitrogen functional groups attached to an aromatic ring is 1. The number of benzene rings is 1. The predicted octanol–water partition coefficient (Wildman–Crippen LogP) is 3.29. The Morgan fingerprint density at radius 3 is 3.00 bits per heavy atom. The summed E-state index contributed by atoms with van der Waals surface area (Å²) >= 11 is 0. The molecule has 0 aliphatic heterocycles. The highest BCUT2D eigenvalue weighted by Crippen LogP contribution is 2.13. The molecule has 1 rings (SSSR count). The lowest BCUT2D eigenvalue weighted by molar-refractivity contribution is 0.996. The topological polar surface area (TPSA) is 74.8 Å². The van der Waals surface area contributed by atoms with Crippen LogP contribution in [-0.4, -0.2) is 6.54 Å². The van der Waals surface area contributed by atoms with Gasteiger partial charge < -0.3 is 5.73 Å². The van der Waals surface area contributed by atoms with Gasteiger partial charge in [-0.15, -0.1) is 0 Å². The molecule has 15 heavy (non-hydrogen) atoms. The first-order valence-electron chi connectivity index (χ1n) is 4.77. The van der Waals surface area contributed by atoms with Gasteiger partial charge in [0.1, 0.15) is 0 Å². The molecule has 1 aromatic carbocycles. The molecular formula is C11H14N4. The Balaban J connectivity index is 2.56. The number of nitrogens with zero attached hydrogens (tertiary/aromatic N) is 3. The summed E-state index contributed by atoms with van der Waals surface area (Å²) in [7, 11) is 0. The highest BCUT2D eigenvalue weighted by molar-refractivity contribution is 5.57. The van der Waals surface area contributed by atoms with E-state index >= 15 is 0 Å². The van der Waals surface area contributed by atoms with Crippen LogP contribution in [0, 0.1) is 6.92 Å². The van der Waals surface area contributed by atoms with E-state index in [1.54, 1.807) is 0 Å². The molecule has 0 spiro atoms. The first-order chi connectivity index (χ1) is 7.24. The number of hydrogen-bond acceptors (Lipinski definition) is 2. The monoisotopic (exact) mass is 202 g/mol. The SMILES string of the molecule is Cc1cc(C=CCCN=[N+]=[N-])ccc1N. The molecule has 0 unspecified atom stereocenters. The van der Waals surface area contributed by atoms with Crippen molar-refractivity contribution in [2.75, 3.05) is 12.3 Å². The van der Waals surface area contributed by atoms with Crippen LogP contribution in [-0.2, 0) is 0 Å². The molecule has 78 valence electrons. The molecule has 0 saturated heterocycles. The van der Waals surface area contributed by atoms with E-state index in [0.717, 1.165) is 23.2 Å².